The molecule has 0 spiro atoms. The summed E-state index contributed by atoms with van der Waals surface area (Å²) in [6, 6.07) is 7.09. The lowest BCUT2D eigenvalue weighted by atomic mass is 10.2. The van der Waals surface area contributed by atoms with E-state index in [-0.39, 0.29) is 0 Å². The Morgan fingerprint density at radius 3 is 2.38 bits per heavy atom. The van der Waals surface area contributed by atoms with Gasteiger partial charge >= 0.3 is 6.09 Å². The summed E-state index contributed by atoms with van der Waals surface area (Å²) in [5.41, 5.74) is 7.04. The lowest BCUT2D eigenvalue weighted by Crippen LogP contribution is -2.23. The molecule has 0 heterocycles. The van der Waals surface area contributed by atoms with Crippen LogP contribution in [0.15, 0.2) is 24.3 Å². The van der Waals surface area contributed by atoms with Gasteiger partial charge < -0.3 is 10.8 Å². The van der Waals surface area contributed by atoms with Gasteiger partial charge in [-0.2, -0.15) is 0 Å². The molecule has 70 valence electrons. The van der Waals surface area contributed by atoms with Crippen molar-refractivity contribution in [2.75, 3.05) is 11.9 Å². The maximum Gasteiger partial charge on any atom is 0.411 e. The average molecular weight is 180 g/mol. The third-order valence-electron chi connectivity index (χ3n) is 1.85. The maximum absolute atomic E-state index is 10.6. The molecular weight excluding hydrogens is 168 g/mol. The molecule has 0 saturated heterocycles. The van der Waals surface area contributed by atoms with Crippen LogP contribution in [0.5, 0.6) is 0 Å². The SMILES string of the molecule is CN(C(=O)O)c1ccc(CN)cc1. The van der Waals surface area contributed by atoms with E-state index < -0.39 is 6.09 Å². The van der Waals surface area contributed by atoms with Gasteiger partial charge in [0.25, 0.3) is 0 Å². The highest BCUT2D eigenvalue weighted by Gasteiger charge is 2.06. The molecule has 0 aromatic heterocycles. The summed E-state index contributed by atoms with van der Waals surface area (Å²) in [6.45, 7) is 0.469. The third kappa shape index (κ3) is 2.19. The first-order chi connectivity index (χ1) is 6.15. The van der Waals surface area contributed by atoms with Crippen LogP contribution in [0.4, 0.5) is 10.5 Å². The summed E-state index contributed by atoms with van der Waals surface area (Å²) in [6.07, 6.45) is -0.972. The molecule has 3 N–H and O–H groups in total. The van der Waals surface area contributed by atoms with E-state index in [0.29, 0.717) is 12.2 Å². The van der Waals surface area contributed by atoms with Crippen LogP contribution in [-0.4, -0.2) is 18.2 Å². The fourth-order valence-corrected chi connectivity index (χ4v) is 0.966. The van der Waals surface area contributed by atoms with E-state index in [1.807, 2.05) is 12.1 Å². The fourth-order valence-electron chi connectivity index (χ4n) is 0.966. The molecular formula is C9H12N2O2. The summed E-state index contributed by atoms with van der Waals surface area (Å²) in [7, 11) is 1.50. The molecule has 13 heavy (non-hydrogen) atoms. The average Bonchev–Trinajstić information content (AvgIpc) is 2.17. The Labute approximate surface area is 76.6 Å². The third-order valence-corrected chi connectivity index (χ3v) is 1.85. The van der Waals surface area contributed by atoms with Gasteiger partial charge in [0.1, 0.15) is 0 Å². The Hall–Kier alpha value is -1.55. The van der Waals surface area contributed by atoms with Crippen molar-refractivity contribution in [2.24, 2.45) is 5.73 Å². The van der Waals surface area contributed by atoms with Crippen molar-refractivity contribution in [3.05, 3.63) is 29.8 Å². The molecule has 0 bridgehead atoms. The lowest BCUT2D eigenvalue weighted by molar-refractivity contribution is 0.203. The second kappa shape index (κ2) is 3.91. The molecule has 0 aliphatic carbocycles. The zero-order valence-electron chi connectivity index (χ0n) is 7.40. The normalized spacial score (nSPS) is 9.69. The zero-order valence-corrected chi connectivity index (χ0v) is 7.40. The zero-order chi connectivity index (χ0) is 9.84. The smallest absolute Gasteiger partial charge is 0.411 e. The largest absolute Gasteiger partial charge is 0.465 e. The molecule has 1 aromatic carbocycles. The number of rotatable bonds is 2. The van der Waals surface area contributed by atoms with Crippen molar-refractivity contribution >= 4 is 11.8 Å². The predicted octanol–water partition coefficient (Wildman–Crippen LogP) is 1.26. The van der Waals surface area contributed by atoms with Gasteiger partial charge in [-0.1, -0.05) is 12.1 Å². The highest BCUT2D eigenvalue weighted by molar-refractivity contribution is 5.85. The molecule has 0 unspecified atom stereocenters. The van der Waals surface area contributed by atoms with Crippen molar-refractivity contribution in [3.63, 3.8) is 0 Å². The van der Waals surface area contributed by atoms with E-state index in [9.17, 15) is 4.79 Å². The first-order valence-electron chi connectivity index (χ1n) is 3.91. The summed E-state index contributed by atoms with van der Waals surface area (Å²) < 4.78 is 0. The van der Waals surface area contributed by atoms with Crippen molar-refractivity contribution in [1.82, 2.24) is 0 Å². The molecule has 4 nitrogen and oxygen atoms in total. The lowest BCUT2D eigenvalue weighted by Gasteiger charge is -2.12. The minimum absolute atomic E-state index is 0.469. The van der Waals surface area contributed by atoms with Gasteiger partial charge in [0, 0.05) is 19.3 Å². The standard InChI is InChI=1S/C9H12N2O2/c1-11(9(12)13)8-4-2-7(6-10)3-5-8/h2-5H,6,10H2,1H3,(H,12,13). The van der Waals surface area contributed by atoms with Gasteiger partial charge in [0.2, 0.25) is 0 Å². The fraction of sp³-hybridized carbons (Fsp3) is 0.222. The monoisotopic (exact) mass is 180 g/mol. The maximum atomic E-state index is 10.6. The molecule has 0 saturated carbocycles. The molecule has 0 aliphatic heterocycles. The van der Waals surface area contributed by atoms with E-state index in [1.165, 1.54) is 7.05 Å². The Morgan fingerprint density at radius 1 is 1.46 bits per heavy atom. The molecule has 0 aliphatic rings. The molecule has 0 radical (unpaired) electrons. The van der Waals surface area contributed by atoms with Gasteiger partial charge in [-0.3, -0.25) is 4.90 Å². The second-order valence-electron chi connectivity index (χ2n) is 2.71. The summed E-state index contributed by atoms with van der Waals surface area (Å²) in [5, 5.41) is 8.66. The van der Waals surface area contributed by atoms with Crippen LogP contribution in [0.25, 0.3) is 0 Å². The molecule has 1 amide bonds. The van der Waals surface area contributed by atoms with Gasteiger partial charge in [-0.05, 0) is 17.7 Å². The van der Waals surface area contributed by atoms with Crippen LogP contribution in [0.1, 0.15) is 5.56 Å². The van der Waals surface area contributed by atoms with Crippen LogP contribution in [0, 0.1) is 0 Å². The minimum atomic E-state index is -0.972. The van der Waals surface area contributed by atoms with Crippen LogP contribution in [0.2, 0.25) is 0 Å². The highest BCUT2D eigenvalue weighted by atomic mass is 16.4. The number of nitrogens with two attached hydrogens (primary N) is 1. The Bertz CT molecular complexity index is 295. The second-order valence-corrected chi connectivity index (χ2v) is 2.71. The van der Waals surface area contributed by atoms with Crippen molar-refractivity contribution in [3.8, 4) is 0 Å². The molecule has 1 rings (SSSR count). The Balaban J connectivity index is 2.85. The molecule has 0 fully saturated rings. The Kier molecular flexibility index (Phi) is 2.87. The number of carbonyl (C=O) groups is 1. The summed E-state index contributed by atoms with van der Waals surface area (Å²) >= 11 is 0. The molecule has 0 atom stereocenters. The van der Waals surface area contributed by atoms with Crippen molar-refractivity contribution in [2.45, 2.75) is 6.54 Å². The van der Waals surface area contributed by atoms with Crippen LogP contribution >= 0.6 is 0 Å². The van der Waals surface area contributed by atoms with Crippen LogP contribution in [0.3, 0.4) is 0 Å². The van der Waals surface area contributed by atoms with Crippen molar-refractivity contribution < 1.29 is 9.90 Å². The van der Waals surface area contributed by atoms with E-state index in [0.717, 1.165) is 10.5 Å². The summed E-state index contributed by atoms with van der Waals surface area (Å²) in [4.78, 5) is 11.7. The Morgan fingerprint density at radius 2 is 2.00 bits per heavy atom. The van der Waals surface area contributed by atoms with Gasteiger partial charge in [-0.25, -0.2) is 4.79 Å². The molecule has 4 heteroatoms. The minimum Gasteiger partial charge on any atom is -0.465 e. The first-order valence-corrected chi connectivity index (χ1v) is 3.91. The van der Waals surface area contributed by atoms with E-state index >= 15 is 0 Å². The van der Waals surface area contributed by atoms with Gasteiger partial charge in [0.05, 0.1) is 0 Å². The molecule has 1 aromatic rings. The number of hydrogen-bond donors (Lipinski definition) is 2. The number of hydrogen-bond acceptors (Lipinski definition) is 2. The summed E-state index contributed by atoms with van der Waals surface area (Å²) in [5.74, 6) is 0. The number of amides is 1. The number of nitrogens with zero attached hydrogens (tertiary/aromatic N) is 1. The number of benzene rings is 1. The van der Waals surface area contributed by atoms with Gasteiger partial charge in [-0.15, -0.1) is 0 Å². The van der Waals surface area contributed by atoms with E-state index in [4.69, 9.17) is 10.8 Å². The number of anilines is 1. The van der Waals surface area contributed by atoms with Crippen LogP contribution in [-0.2, 0) is 6.54 Å². The highest BCUT2D eigenvalue weighted by Crippen LogP contribution is 2.13. The quantitative estimate of drug-likeness (QED) is 0.720. The predicted molar refractivity (Wildman–Crippen MR) is 50.8 cm³/mol. The van der Waals surface area contributed by atoms with Crippen molar-refractivity contribution in [1.29, 1.82) is 0 Å². The number of carboxylic acid groups (broad SMARTS) is 1. The van der Waals surface area contributed by atoms with Gasteiger partial charge in [0.15, 0.2) is 0 Å². The topological polar surface area (TPSA) is 66.6 Å². The van der Waals surface area contributed by atoms with E-state index in [1.54, 1.807) is 12.1 Å². The van der Waals surface area contributed by atoms with Crippen LogP contribution < -0.4 is 10.6 Å². The first kappa shape index (κ1) is 9.54. The van der Waals surface area contributed by atoms with E-state index in [2.05, 4.69) is 0 Å².